The number of rotatable bonds is 4. The number of thiocarbonyl (C=S) groups is 1. The van der Waals surface area contributed by atoms with E-state index < -0.39 is 0 Å². The zero-order valence-electron chi connectivity index (χ0n) is 12.6. The molecule has 0 bridgehead atoms. The van der Waals surface area contributed by atoms with Gasteiger partial charge in [-0.25, -0.2) is 0 Å². The van der Waals surface area contributed by atoms with E-state index in [4.69, 9.17) is 17.0 Å². The Morgan fingerprint density at radius 3 is 2.61 bits per heavy atom. The Balaban J connectivity index is 0.00000242. The third kappa shape index (κ3) is 6.32. The van der Waals surface area contributed by atoms with Gasteiger partial charge in [-0.15, -0.1) is 0 Å². The Bertz CT molecular complexity index is 630. The molecule has 0 aliphatic heterocycles. The van der Waals surface area contributed by atoms with Crippen LogP contribution in [0.4, 0.5) is 5.69 Å². The normalized spacial score (nSPS) is 14.0. The molecule has 5 N–H and O–H groups in total. The van der Waals surface area contributed by atoms with Crippen molar-refractivity contribution >= 4 is 28.8 Å². The third-order valence-corrected chi connectivity index (χ3v) is 2.88. The maximum absolute atomic E-state index is 11.9. The second-order valence-corrected chi connectivity index (χ2v) is 4.52. The maximum atomic E-state index is 11.9. The minimum Gasteiger partial charge on any atom is -0.493 e. The molecule has 0 saturated heterocycles. The van der Waals surface area contributed by atoms with Crippen molar-refractivity contribution < 1.29 is 34.5 Å². The zero-order valence-corrected chi connectivity index (χ0v) is 16.4. The molecule has 23 heavy (non-hydrogen) atoms. The van der Waals surface area contributed by atoms with Gasteiger partial charge >= 0.3 is 0 Å². The molecular formula is C15H17N3O3SZn. The number of carbonyl (C=O) groups excluding carboxylic acids is 1. The predicted octanol–water partition coefficient (Wildman–Crippen LogP) is 1.20. The van der Waals surface area contributed by atoms with Crippen LogP contribution in [0, 0.1) is 0 Å². The van der Waals surface area contributed by atoms with Crippen LogP contribution in [0.2, 0.25) is 0 Å². The van der Waals surface area contributed by atoms with Crippen molar-refractivity contribution in [3.05, 3.63) is 66.1 Å². The van der Waals surface area contributed by atoms with Crippen LogP contribution in [0.15, 0.2) is 66.1 Å². The summed E-state index contributed by atoms with van der Waals surface area (Å²) in [6.45, 7) is 0. The van der Waals surface area contributed by atoms with Gasteiger partial charge in [0.2, 0.25) is 5.78 Å². The van der Waals surface area contributed by atoms with E-state index in [0.29, 0.717) is 16.4 Å². The van der Waals surface area contributed by atoms with Crippen LogP contribution in [0.5, 0.6) is 0 Å². The average Bonchev–Trinajstić information content (AvgIpc) is 2.50. The number of hydrazine groups is 1. The van der Waals surface area contributed by atoms with Crippen LogP contribution >= 0.6 is 12.2 Å². The van der Waals surface area contributed by atoms with Crippen molar-refractivity contribution in [2.75, 3.05) is 12.4 Å². The topological polar surface area (TPSA) is 93.9 Å². The Kier molecular flexibility index (Phi) is 9.73. The summed E-state index contributed by atoms with van der Waals surface area (Å²) in [7, 11) is 1.46. The first kappa shape index (κ1) is 21.0. The summed E-state index contributed by atoms with van der Waals surface area (Å²) in [5, 5.41) is 3.40. The van der Waals surface area contributed by atoms with Gasteiger partial charge in [0.1, 0.15) is 0 Å². The SMILES string of the molecule is COC1=CC=C/C(=C/NNC(=S)Nc2ccccc2)C1=O.O.[Zn]. The molecule has 118 valence electrons. The summed E-state index contributed by atoms with van der Waals surface area (Å²) in [6, 6.07) is 9.53. The number of allylic oxidation sites excluding steroid dienone is 4. The molecule has 8 heteroatoms. The van der Waals surface area contributed by atoms with Gasteiger partial charge in [-0.2, -0.15) is 0 Å². The molecule has 0 radical (unpaired) electrons. The fourth-order valence-corrected chi connectivity index (χ4v) is 1.85. The van der Waals surface area contributed by atoms with E-state index in [1.54, 1.807) is 18.2 Å². The monoisotopic (exact) mass is 383 g/mol. The molecule has 0 atom stereocenters. The first-order chi connectivity index (χ1) is 10.2. The van der Waals surface area contributed by atoms with Crippen LogP contribution in [0.3, 0.4) is 0 Å². The second kappa shape index (κ2) is 10.7. The molecule has 0 fully saturated rings. The van der Waals surface area contributed by atoms with Gasteiger partial charge in [0, 0.05) is 36.9 Å². The molecule has 2 rings (SSSR count). The van der Waals surface area contributed by atoms with Crippen LogP contribution < -0.4 is 16.2 Å². The number of para-hydroxylation sites is 1. The van der Waals surface area contributed by atoms with E-state index in [1.807, 2.05) is 30.3 Å². The Morgan fingerprint density at radius 2 is 1.96 bits per heavy atom. The Hall–Kier alpha value is -2.02. The molecule has 6 nitrogen and oxygen atoms in total. The van der Waals surface area contributed by atoms with Gasteiger partial charge in [0.05, 0.1) is 7.11 Å². The molecule has 0 unspecified atom stereocenters. The first-order valence-electron chi connectivity index (χ1n) is 6.25. The number of anilines is 1. The van der Waals surface area contributed by atoms with Crippen LogP contribution in [-0.4, -0.2) is 23.5 Å². The van der Waals surface area contributed by atoms with Crippen molar-refractivity contribution in [1.29, 1.82) is 0 Å². The van der Waals surface area contributed by atoms with Gasteiger partial charge in [-0.1, -0.05) is 24.3 Å². The predicted molar refractivity (Wildman–Crippen MR) is 89.9 cm³/mol. The van der Waals surface area contributed by atoms with Crippen LogP contribution in [-0.2, 0) is 29.0 Å². The molecule has 1 aliphatic rings. The number of ether oxygens (including phenoxy) is 1. The van der Waals surface area contributed by atoms with E-state index in [1.165, 1.54) is 13.3 Å². The van der Waals surface area contributed by atoms with Crippen molar-refractivity contribution in [1.82, 2.24) is 10.9 Å². The molecule has 0 aromatic heterocycles. The Labute approximate surface area is 152 Å². The average molecular weight is 385 g/mol. The summed E-state index contributed by atoms with van der Waals surface area (Å²) in [6.07, 6.45) is 6.58. The summed E-state index contributed by atoms with van der Waals surface area (Å²) < 4.78 is 4.97. The van der Waals surface area contributed by atoms with Crippen molar-refractivity contribution in [3.8, 4) is 0 Å². The number of nitrogens with one attached hydrogen (secondary N) is 3. The molecule has 0 saturated carbocycles. The number of methoxy groups -OCH3 is 1. The van der Waals surface area contributed by atoms with Crippen molar-refractivity contribution in [2.24, 2.45) is 0 Å². The van der Waals surface area contributed by atoms with Gasteiger partial charge in [-0.3, -0.25) is 10.2 Å². The summed E-state index contributed by atoms with van der Waals surface area (Å²) >= 11 is 5.13. The smallest absolute Gasteiger partial charge is 0.229 e. The molecule has 1 aromatic carbocycles. The van der Waals surface area contributed by atoms with Gasteiger partial charge < -0.3 is 21.0 Å². The Morgan fingerprint density at radius 1 is 1.26 bits per heavy atom. The fourth-order valence-electron chi connectivity index (χ4n) is 1.67. The summed E-state index contributed by atoms with van der Waals surface area (Å²) in [5.74, 6) is 0.117. The summed E-state index contributed by atoms with van der Waals surface area (Å²) in [4.78, 5) is 11.9. The first-order valence-corrected chi connectivity index (χ1v) is 6.66. The second-order valence-electron chi connectivity index (χ2n) is 4.11. The number of hydrogen-bond acceptors (Lipinski definition) is 4. The number of Topliss-reactive ketones (excluding diaryl/α,β-unsaturated/α-hetero) is 1. The molecule has 1 aromatic rings. The minimum atomic E-state index is -0.184. The van der Waals surface area contributed by atoms with Gasteiger partial charge in [-0.05, 0) is 36.5 Å². The number of hydrogen-bond donors (Lipinski definition) is 3. The molecule has 0 heterocycles. The van der Waals surface area contributed by atoms with Gasteiger partial charge in [0.15, 0.2) is 10.9 Å². The summed E-state index contributed by atoms with van der Waals surface area (Å²) in [5.41, 5.74) is 6.91. The number of benzene rings is 1. The zero-order chi connectivity index (χ0) is 15.1. The van der Waals surface area contributed by atoms with Crippen LogP contribution in [0.25, 0.3) is 0 Å². The molecule has 1 aliphatic carbocycles. The molecule has 0 spiro atoms. The van der Waals surface area contributed by atoms with E-state index in [-0.39, 0.29) is 30.7 Å². The molecular weight excluding hydrogens is 368 g/mol. The number of ketones is 1. The minimum absolute atomic E-state index is 0. The largest absolute Gasteiger partial charge is 0.493 e. The van der Waals surface area contributed by atoms with Gasteiger partial charge in [0.25, 0.3) is 0 Å². The van der Waals surface area contributed by atoms with E-state index in [9.17, 15) is 4.79 Å². The quantitative estimate of drug-likeness (QED) is 0.312. The maximum Gasteiger partial charge on any atom is 0.229 e. The molecule has 0 amide bonds. The van der Waals surface area contributed by atoms with E-state index in [0.717, 1.165) is 5.69 Å². The number of carbonyl (C=O) groups is 1. The van der Waals surface area contributed by atoms with Crippen molar-refractivity contribution in [3.63, 3.8) is 0 Å². The van der Waals surface area contributed by atoms with Crippen LogP contribution in [0.1, 0.15) is 0 Å². The van der Waals surface area contributed by atoms with E-state index >= 15 is 0 Å². The van der Waals surface area contributed by atoms with E-state index in [2.05, 4.69) is 16.2 Å². The fraction of sp³-hybridized carbons (Fsp3) is 0.0667. The standard InChI is InChI=1S/C15H15N3O2S.H2O.Zn/c1-20-13-9-5-6-11(14(13)19)10-16-18-15(21)17-12-7-3-2-4-8-12;;/h2-10,16H,1H3,(H2,17,18,21);1H2;/b11-10-;;. The van der Waals surface area contributed by atoms with Crippen molar-refractivity contribution in [2.45, 2.75) is 0 Å². The third-order valence-electron chi connectivity index (χ3n) is 2.67.